The van der Waals surface area contributed by atoms with Crippen molar-refractivity contribution >= 4 is 17.2 Å². The lowest BCUT2D eigenvalue weighted by molar-refractivity contribution is -0.178. The number of rotatable bonds is 2. The van der Waals surface area contributed by atoms with Gasteiger partial charge in [0.15, 0.2) is 0 Å². The van der Waals surface area contributed by atoms with E-state index in [-0.39, 0.29) is 0 Å². The van der Waals surface area contributed by atoms with Gasteiger partial charge in [0.05, 0.1) is 26.4 Å². The molecule has 16 heavy (non-hydrogen) atoms. The molecule has 2 heterocycles. The van der Waals surface area contributed by atoms with Crippen LogP contribution in [0.5, 0.6) is 0 Å². The molecule has 0 spiro atoms. The van der Waals surface area contributed by atoms with Crippen LogP contribution in [0.25, 0.3) is 0 Å². The molecule has 0 aromatic rings. The Morgan fingerprint density at radius 3 is 1.62 bits per heavy atom. The molecule has 0 atom stereocenters. The first-order valence-corrected chi connectivity index (χ1v) is 6.16. The van der Waals surface area contributed by atoms with Crippen molar-refractivity contribution in [1.29, 1.82) is 0 Å². The molecule has 0 aromatic heterocycles. The van der Waals surface area contributed by atoms with Gasteiger partial charge >= 0.3 is 0 Å². The van der Waals surface area contributed by atoms with Gasteiger partial charge in [0.25, 0.3) is 0 Å². The molecule has 0 aromatic carbocycles. The summed E-state index contributed by atoms with van der Waals surface area (Å²) in [5.74, 6) is 0. The van der Waals surface area contributed by atoms with Crippen molar-refractivity contribution in [2.75, 3.05) is 52.6 Å². The maximum absolute atomic E-state index is 5.36. The van der Waals surface area contributed by atoms with E-state index >= 15 is 0 Å². The van der Waals surface area contributed by atoms with Crippen LogP contribution >= 0.6 is 12.2 Å². The topological polar surface area (TPSA) is 28.2 Å². The third-order valence-corrected chi connectivity index (χ3v) is 2.96. The lowest BCUT2D eigenvalue weighted by Crippen LogP contribution is -2.60. The van der Waals surface area contributed by atoms with Gasteiger partial charge in [0.1, 0.15) is 4.99 Å². The first-order chi connectivity index (χ1) is 7.79. The second kappa shape index (κ2) is 5.88. The molecule has 0 aliphatic carbocycles. The van der Waals surface area contributed by atoms with Crippen molar-refractivity contribution < 1.29 is 9.47 Å². The Balaban J connectivity index is 1.99. The Morgan fingerprint density at radius 2 is 1.31 bits per heavy atom. The van der Waals surface area contributed by atoms with Gasteiger partial charge in [-0.15, -0.1) is 0 Å². The van der Waals surface area contributed by atoms with Crippen LogP contribution < -0.4 is 0 Å². The lowest BCUT2D eigenvalue weighted by atomic mass is 10.4. The molecule has 2 saturated heterocycles. The van der Waals surface area contributed by atoms with Gasteiger partial charge in [0.2, 0.25) is 0 Å². The summed E-state index contributed by atoms with van der Waals surface area (Å²) < 4.78 is 10.7. The first-order valence-electron chi connectivity index (χ1n) is 5.75. The fourth-order valence-electron chi connectivity index (χ4n) is 2.06. The third kappa shape index (κ3) is 2.89. The molecule has 5 nitrogen and oxygen atoms in total. The van der Waals surface area contributed by atoms with Gasteiger partial charge in [-0.25, -0.2) is 15.1 Å². The number of ether oxygens (including phenoxy) is 2. The van der Waals surface area contributed by atoms with E-state index in [0.29, 0.717) is 0 Å². The van der Waals surface area contributed by atoms with Crippen LogP contribution in [0.2, 0.25) is 0 Å². The highest BCUT2D eigenvalue weighted by Crippen LogP contribution is 2.11. The second-order valence-electron chi connectivity index (χ2n) is 3.94. The summed E-state index contributed by atoms with van der Waals surface area (Å²) in [6, 6.07) is 0. The Bertz CT molecular complexity index is 222. The average molecular weight is 245 g/mol. The number of hydrazine groups is 2. The molecule has 0 unspecified atom stereocenters. The van der Waals surface area contributed by atoms with Gasteiger partial charge in [0, 0.05) is 26.2 Å². The summed E-state index contributed by atoms with van der Waals surface area (Å²) in [5, 5.41) is 6.65. The zero-order chi connectivity index (χ0) is 11.4. The minimum atomic E-state index is 0.781. The van der Waals surface area contributed by atoms with E-state index in [0.717, 1.165) is 57.6 Å². The summed E-state index contributed by atoms with van der Waals surface area (Å²) in [6.07, 6.45) is 0. The smallest absolute Gasteiger partial charge is 0.108 e. The lowest BCUT2D eigenvalue weighted by Gasteiger charge is -2.45. The van der Waals surface area contributed by atoms with E-state index in [1.807, 2.05) is 6.92 Å². The highest BCUT2D eigenvalue weighted by atomic mass is 32.1. The fourth-order valence-corrected chi connectivity index (χ4v) is 2.29. The normalized spacial score (nSPS) is 24.3. The first kappa shape index (κ1) is 12.2. The minimum Gasteiger partial charge on any atom is -0.379 e. The number of hydrogen-bond donors (Lipinski definition) is 0. The summed E-state index contributed by atoms with van der Waals surface area (Å²) in [6.45, 7) is 8.73. The van der Waals surface area contributed by atoms with Crippen molar-refractivity contribution in [3.63, 3.8) is 0 Å². The summed E-state index contributed by atoms with van der Waals surface area (Å²) in [7, 11) is 0. The van der Waals surface area contributed by atoms with Crippen molar-refractivity contribution in [2.24, 2.45) is 0 Å². The van der Waals surface area contributed by atoms with Gasteiger partial charge < -0.3 is 9.47 Å². The SMILES string of the molecule is CC(=S)N(N1CCOCC1)N1CCOCC1. The van der Waals surface area contributed by atoms with Crippen molar-refractivity contribution in [2.45, 2.75) is 6.92 Å². The Morgan fingerprint density at radius 1 is 0.938 bits per heavy atom. The standard InChI is InChI=1S/C10H19N3O2S/c1-10(16)13(11-2-6-14-7-3-11)12-4-8-15-9-5-12/h2-9H2,1H3. The van der Waals surface area contributed by atoms with Crippen LogP contribution in [0.1, 0.15) is 6.92 Å². The Kier molecular flexibility index (Phi) is 4.48. The summed E-state index contributed by atoms with van der Waals surface area (Å²) in [4.78, 5) is 0.892. The molecule has 2 aliphatic rings. The van der Waals surface area contributed by atoms with E-state index in [4.69, 9.17) is 21.7 Å². The third-order valence-electron chi connectivity index (χ3n) is 2.79. The van der Waals surface area contributed by atoms with Crippen molar-refractivity contribution in [1.82, 2.24) is 15.1 Å². The number of nitrogens with zero attached hydrogens (tertiary/aromatic N) is 3. The molecule has 2 fully saturated rings. The number of morpholine rings is 2. The molecule has 6 heteroatoms. The molecule has 2 rings (SSSR count). The molecule has 0 radical (unpaired) electrons. The maximum Gasteiger partial charge on any atom is 0.108 e. The fraction of sp³-hybridized carbons (Fsp3) is 0.900. The predicted octanol–water partition coefficient (Wildman–Crippen LogP) is 0.130. The van der Waals surface area contributed by atoms with E-state index in [1.165, 1.54) is 0 Å². The highest BCUT2D eigenvalue weighted by molar-refractivity contribution is 7.80. The zero-order valence-corrected chi connectivity index (χ0v) is 10.5. The number of hydrogen-bond acceptors (Lipinski definition) is 5. The van der Waals surface area contributed by atoms with Gasteiger partial charge in [-0.1, -0.05) is 12.2 Å². The second-order valence-corrected chi connectivity index (χ2v) is 4.53. The average Bonchev–Trinajstić information content (AvgIpc) is 2.31. The molecule has 92 valence electrons. The van der Waals surface area contributed by atoms with Crippen molar-refractivity contribution in [3.8, 4) is 0 Å². The number of thiocarbonyl (C=S) groups is 1. The maximum atomic E-state index is 5.36. The van der Waals surface area contributed by atoms with Crippen molar-refractivity contribution in [3.05, 3.63) is 0 Å². The molecular weight excluding hydrogens is 226 g/mol. The molecule has 2 aliphatic heterocycles. The van der Waals surface area contributed by atoms with E-state index in [1.54, 1.807) is 0 Å². The molecule has 0 N–H and O–H groups in total. The Hall–Kier alpha value is -0.270. The van der Waals surface area contributed by atoms with Gasteiger partial charge in [-0.3, -0.25) is 0 Å². The summed E-state index contributed by atoms with van der Waals surface area (Å²) in [5.41, 5.74) is 0. The van der Waals surface area contributed by atoms with E-state index < -0.39 is 0 Å². The Labute approximate surface area is 102 Å². The predicted molar refractivity (Wildman–Crippen MR) is 64.9 cm³/mol. The van der Waals surface area contributed by atoms with E-state index in [2.05, 4.69) is 15.1 Å². The quantitative estimate of drug-likeness (QED) is 0.642. The van der Waals surface area contributed by atoms with Crippen LogP contribution in [0.15, 0.2) is 0 Å². The largest absolute Gasteiger partial charge is 0.379 e. The van der Waals surface area contributed by atoms with Crippen LogP contribution in [0, 0.1) is 0 Å². The van der Waals surface area contributed by atoms with Gasteiger partial charge in [-0.2, -0.15) is 0 Å². The van der Waals surface area contributed by atoms with Crippen LogP contribution in [0.4, 0.5) is 0 Å². The highest BCUT2D eigenvalue weighted by Gasteiger charge is 2.26. The monoisotopic (exact) mass is 245 g/mol. The van der Waals surface area contributed by atoms with Gasteiger partial charge in [-0.05, 0) is 6.92 Å². The summed E-state index contributed by atoms with van der Waals surface area (Å²) >= 11 is 5.34. The molecule has 0 saturated carbocycles. The zero-order valence-electron chi connectivity index (χ0n) is 9.72. The van der Waals surface area contributed by atoms with E-state index in [9.17, 15) is 0 Å². The van der Waals surface area contributed by atoms with Crippen LogP contribution in [0.3, 0.4) is 0 Å². The van der Waals surface area contributed by atoms with Crippen LogP contribution in [-0.4, -0.2) is 72.7 Å². The molecule has 0 amide bonds. The molecular formula is C10H19N3O2S. The minimum absolute atomic E-state index is 0.781. The van der Waals surface area contributed by atoms with Crippen LogP contribution in [-0.2, 0) is 9.47 Å². The molecule has 0 bridgehead atoms.